The zero-order valence-electron chi connectivity index (χ0n) is 46.2. The number of allylic oxidation sites excluding steroid dienone is 14. The molecule has 1 rings (SSSR count). The zero-order chi connectivity index (χ0) is 52.1. The van der Waals surface area contributed by atoms with Gasteiger partial charge in [0.1, 0.15) is 30.5 Å². The quantitative estimate of drug-likeness (QED) is 0.0267. The number of aliphatic hydroxyl groups excluding tert-OH is 4. The van der Waals surface area contributed by atoms with E-state index in [2.05, 4.69) is 98.9 Å². The Bertz CT molecular complexity index is 1380. The molecule has 0 radical (unpaired) electrons. The van der Waals surface area contributed by atoms with Crippen molar-refractivity contribution in [3.8, 4) is 0 Å². The number of hydrogen-bond acceptors (Lipinski definition) is 9. The molecule has 0 aromatic heterocycles. The summed E-state index contributed by atoms with van der Waals surface area (Å²) in [6, 6.07) is 0. The van der Waals surface area contributed by atoms with Gasteiger partial charge in [-0.2, -0.15) is 0 Å². The van der Waals surface area contributed by atoms with Crippen molar-refractivity contribution in [2.45, 2.75) is 282 Å². The van der Waals surface area contributed by atoms with Crippen molar-refractivity contribution >= 4 is 5.97 Å². The van der Waals surface area contributed by atoms with E-state index in [1.54, 1.807) is 0 Å². The van der Waals surface area contributed by atoms with E-state index in [9.17, 15) is 25.2 Å². The molecule has 0 aromatic carbocycles. The predicted octanol–water partition coefficient (Wildman–Crippen LogP) is 15.7. The average Bonchev–Trinajstić information content (AvgIpc) is 3.38. The summed E-state index contributed by atoms with van der Waals surface area (Å²) in [6.07, 6.45) is 66.3. The van der Waals surface area contributed by atoms with E-state index >= 15 is 0 Å². The first kappa shape index (κ1) is 67.4. The molecule has 1 aliphatic rings. The Morgan fingerprint density at radius 3 is 1.28 bits per heavy atom. The van der Waals surface area contributed by atoms with Crippen molar-refractivity contribution in [2.24, 2.45) is 0 Å². The van der Waals surface area contributed by atoms with Gasteiger partial charge in [-0.3, -0.25) is 4.79 Å². The maximum absolute atomic E-state index is 12.9. The lowest BCUT2D eigenvalue weighted by molar-refractivity contribution is -0.305. The molecule has 0 saturated carbocycles. The smallest absolute Gasteiger partial charge is 0.306 e. The molecule has 6 atom stereocenters. The molecule has 1 saturated heterocycles. The minimum Gasteiger partial charge on any atom is -0.457 e. The lowest BCUT2D eigenvalue weighted by Gasteiger charge is -2.39. The van der Waals surface area contributed by atoms with Crippen LogP contribution in [0, 0.1) is 0 Å². The fourth-order valence-electron chi connectivity index (χ4n) is 8.73. The fourth-order valence-corrected chi connectivity index (χ4v) is 8.73. The van der Waals surface area contributed by atoms with Gasteiger partial charge in [0, 0.05) is 13.0 Å². The van der Waals surface area contributed by atoms with Gasteiger partial charge in [0.05, 0.1) is 19.8 Å². The number of carbonyl (C=O) groups excluding carboxylic acids is 1. The van der Waals surface area contributed by atoms with Gasteiger partial charge in [0.15, 0.2) is 6.29 Å². The van der Waals surface area contributed by atoms with Crippen LogP contribution in [0.2, 0.25) is 0 Å². The first-order chi connectivity index (χ1) is 35.4. The highest BCUT2D eigenvalue weighted by Gasteiger charge is 2.44. The summed E-state index contributed by atoms with van der Waals surface area (Å²) in [5.74, 6) is -0.321. The standard InChI is InChI=1S/C63H110O9/c1-3-5-7-9-11-13-15-17-19-21-23-25-27-28-29-31-33-35-37-39-41-43-45-47-49-51-53-69-55-57(56-70-63-62(68)61(67)60(66)58(54-64)72-63)71-59(65)52-50-48-46-44-42-40-38-36-34-32-30-26-24-22-20-18-16-14-12-10-8-6-4-2/h5,7,11,13,16-19,22-25,30,32,57-58,60-64,66-68H,3-4,6,8-10,12,14-15,20-21,26-29,31,33-56H2,1-2H3/b7-5-,13-11-,18-16-,19-17-,24-22-,25-23-,32-30-. The van der Waals surface area contributed by atoms with Gasteiger partial charge < -0.3 is 39.4 Å². The maximum atomic E-state index is 12.9. The highest BCUT2D eigenvalue weighted by atomic mass is 16.7. The Morgan fingerprint density at radius 2 is 0.847 bits per heavy atom. The Balaban J connectivity index is 2.16. The van der Waals surface area contributed by atoms with E-state index in [1.807, 2.05) is 0 Å². The van der Waals surface area contributed by atoms with Crippen LogP contribution in [0.1, 0.15) is 245 Å². The molecule has 9 heteroatoms. The first-order valence-corrected chi connectivity index (χ1v) is 29.7. The molecule has 0 bridgehead atoms. The average molecular weight is 1010 g/mol. The Hall–Kier alpha value is -2.63. The third-order valence-corrected chi connectivity index (χ3v) is 13.3. The molecule has 1 heterocycles. The Kier molecular flexibility index (Phi) is 49.8. The fraction of sp³-hybridized carbons (Fsp3) is 0.762. The van der Waals surface area contributed by atoms with Crippen molar-refractivity contribution in [1.82, 2.24) is 0 Å². The summed E-state index contributed by atoms with van der Waals surface area (Å²) in [4.78, 5) is 12.9. The molecule has 4 N–H and O–H groups in total. The third kappa shape index (κ3) is 42.7. The Labute approximate surface area is 441 Å². The number of hydrogen-bond donors (Lipinski definition) is 4. The summed E-state index contributed by atoms with van der Waals surface area (Å²) < 4.78 is 23.0. The van der Waals surface area contributed by atoms with Gasteiger partial charge in [0.25, 0.3) is 0 Å². The first-order valence-electron chi connectivity index (χ1n) is 29.7. The van der Waals surface area contributed by atoms with Crippen LogP contribution in [0.15, 0.2) is 85.1 Å². The van der Waals surface area contributed by atoms with Gasteiger partial charge in [-0.05, 0) is 89.9 Å². The number of carbonyl (C=O) groups is 1. The minimum absolute atomic E-state index is 0.120. The van der Waals surface area contributed by atoms with Gasteiger partial charge in [-0.1, -0.05) is 234 Å². The normalized spacial score (nSPS) is 19.3. The highest BCUT2D eigenvalue weighted by molar-refractivity contribution is 5.69. The van der Waals surface area contributed by atoms with Gasteiger partial charge in [-0.25, -0.2) is 0 Å². The van der Waals surface area contributed by atoms with Crippen LogP contribution in [0.5, 0.6) is 0 Å². The van der Waals surface area contributed by atoms with Crippen molar-refractivity contribution in [3.05, 3.63) is 85.1 Å². The van der Waals surface area contributed by atoms with Crippen LogP contribution in [-0.4, -0.2) is 89.6 Å². The molecule has 9 nitrogen and oxygen atoms in total. The lowest BCUT2D eigenvalue weighted by atomic mass is 9.99. The van der Waals surface area contributed by atoms with Crippen LogP contribution in [-0.2, 0) is 23.7 Å². The number of esters is 1. The second-order valence-corrected chi connectivity index (χ2v) is 20.1. The monoisotopic (exact) mass is 1010 g/mol. The van der Waals surface area contributed by atoms with E-state index in [0.717, 1.165) is 77.0 Å². The summed E-state index contributed by atoms with van der Waals surface area (Å²) in [6.45, 7) is 4.44. The van der Waals surface area contributed by atoms with Crippen molar-refractivity contribution in [1.29, 1.82) is 0 Å². The summed E-state index contributed by atoms with van der Waals surface area (Å²) in [5, 5.41) is 40.4. The van der Waals surface area contributed by atoms with Gasteiger partial charge >= 0.3 is 5.97 Å². The van der Waals surface area contributed by atoms with Crippen molar-refractivity contribution in [3.63, 3.8) is 0 Å². The molecular weight excluding hydrogens is 901 g/mol. The minimum atomic E-state index is -1.54. The van der Waals surface area contributed by atoms with Gasteiger partial charge in [0.2, 0.25) is 0 Å². The molecule has 416 valence electrons. The van der Waals surface area contributed by atoms with Crippen LogP contribution < -0.4 is 0 Å². The molecule has 1 fully saturated rings. The van der Waals surface area contributed by atoms with Crippen LogP contribution in [0.3, 0.4) is 0 Å². The molecule has 72 heavy (non-hydrogen) atoms. The van der Waals surface area contributed by atoms with Crippen molar-refractivity contribution in [2.75, 3.05) is 26.4 Å². The number of ether oxygens (including phenoxy) is 4. The lowest BCUT2D eigenvalue weighted by Crippen LogP contribution is -2.59. The second-order valence-electron chi connectivity index (χ2n) is 20.1. The Morgan fingerprint density at radius 1 is 0.458 bits per heavy atom. The number of aliphatic hydroxyl groups is 4. The zero-order valence-corrected chi connectivity index (χ0v) is 46.2. The SMILES string of the molecule is CC/C=C\C/C=C\C/C=C\C/C=C\CCCCCCCCCCCCCCCOCC(COC1OC(CO)C(O)C(O)C1O)OC(=O)CCCCCCCCCC/C=C\C/C=C\C/C=C\CCCCCCC. The molecule has 0 aliphatic carbocycles. The summed E-state index contributed by atoms with van der Waals surface area (Å²) in [7, 11) is 0. The van der Waals surface area contributed by atoms with Crippen molar-refractivity contribution < 1.29 is 44.2 Å². The maximum Gasteiger partial charge on any atom is 0.306 e. The van der Waals surface area contributed by atoms with E-state index in [1.165, 1.54) is 148 Å². The van der Waals surface area contributed by atoms with E-state index < -0.39 is 43.4 Å². The van der Waals surface area contributed by atoms with E-state index in [0.29, 0.717) is 13.0 Å². The van der Waals surface area contributed by atoms with E-state index in [4.69, 9.17) is 18.9 Å². The summed E-state index contributed by atoms with van der Waals surface area (Å²) >= 11 is 0. The number of unbranched alkanes of at least 4 members (excludes halogenated alkanes) is 26. The molecule has 6 unspecified atom stereocenters. The predicted molar refractivity (Wildman–Crippen MR) is 302 cm³/mol. The highest BCUT2D eigenvalue weighted by Crippen LogP contribution is 2.23. The molecule has 0 amide bonds. The summed E-state index contributed by atoms with van der Waals surface area (Å²) in [5.41, 5.74) is 0. The van der Waals surface area contributed by atoms with E-state index in [-0.39, 0.29) is 19.2 Å². The number of rotatable bonds is 51. The largest absolute Gasteiger partial charge is 0.457 e. The molecule has 0 aromatic rings. The van der Waals surface area contributed by atoms with Crippen LogP contribution >= 0.6 is 0 Å². The van der Waals surface area contributed by atoms with Crippen LogP contribution in [0.25, 0.3) is 0 Å². The molecule has 1 aliphatic heterocycles. The second kappa shape index (κ2) is 53.2. The van der Waals surface area contributed by atoms with Crippen LogP contribution in [0.4, 0.5) is 0 Å². The van der Waals surface area contributed by atoms with Gasteiger partial charge in [-0.15, -0.1) is 0 Å². The molecular formula is C63H110O9. The topological polar surface area (TPSA) is 135 Å². The third-order valence-electron chi connectivity index (χ3n) is 13.3. The molecule has 0 spiro atoms.